The van der Waals surface area contributed by atoms with Crippen molar-refractivity contribution in [3.8, 4) is 11.5 Å². The minimum atomic E-state index is -0.401. The van der Waals surface area contributed by atoms with Gasteiger partial charge in [0.05, 0.1) is 25.3 Å². The first-order valence-electron chi connectivity index (χ1n) is 15.9. The van der Waals surface area contributed by atoms with Gasteiger partial charge in [-0.15, -0.1) is 0 Å². The number of ether oxygens (including phenoxy) is 2. The number of anilines is 1. The number of carbonyl (C=O) groups excluding carboxylic acids is 1. The number of nitrogens with zero attached hydrogens (tertiary/aromatic N) is 2. The van der Waals surface area contributed by atoms with E-state index in [1.807, 2.05) is 36.4 Å². The van der Waals surface area contributed by atoms with Gasteiger partial charge < -0.3 is 19.5 Å². The number of hydrogen-bond donors (Lipinski definition) is 0. The molecule has 234 valence electrons. The second kappa shape index (κ2) is 11.6. The monoisotopic (exact) mass is 596 g/mol. The van der Waals surface area contributed by atoms with Gasteiger partial charge in [-0.25, -0.2) is 0 Å². The SMILES string of the molecule is COc1cccc2c1N(CCC(C)C)/C(=C\C1=C([O-])C(=C\C3=[N+](CCC(C)C)c4c(OC)cccc4C3(C)C)/C1=O)C2(C)C. The Morgan fingerprint density at radius 1 is 0.864 bits per heavy atom. The van der Waals surface area contributed by atoms with E-state index < -0.39 is 10.8 Å². The summed E-state index contributed by atoms with van der Waals surface area (Å²) < 4.78 is 13.8. The number of para-hydroxylation sites is 2. The Bertz CT molecular complexity index is 1620. The lowest BCUT2D eigenvalue weighted by atomic mass is 9.77. The van der Waals surface area contributed by atoms with Crippen LogP contribution in [-0.4, -0.2) is 43.4 Å². The van der Waals surface area contributed by atoms with E-state index in [1.54, 1.807) is 14.2 Å². The van der Waals surface area contributed by atoms with Gasteiger partial charge in [-0.2, -0.15) is 4.58 Å². The summed E-state index contributed by atoms with van der Waals surface area (Å²) in [6.45, 7) is 19.0. The predicted octanol–water partition coefficient (Wildman–Crippen LogP) is 6.98. The van der Waals surface area contributed by atoms with Gasteiger partial charge >= 0.3 is 0 Å². The number of methoxy groups -OCH3 is 2. The highest BCUT2D eigenvalue weighted by Crippen LogP contribution is 2.53. The summed E-state index contributed by atoms with van der Waals surface area (Å²) in [6, 6.07) is 12.2. The number of benzene rings is 2. The Labute approximate surface area is 263 Å². The van der Waals surface area contributed by atoms with Crippen LogP contribution < -0.4 is 19.5 Å². The van der Waals surface area contributed by atoms with Crippen molar-refractivity contribution in [2.45, 2.75) is 79.1 Å². The summed E-state index contributed by atoms with van der Waals surface area (Å²) in [5, 5.41) is 13.8. The quantitative estimate of drug-likeness (QED) is 0.219. The second-order valence-corrected chi connectivity index (χ2v) is 14.2. The van der Waals surface area contributed by atoms with Crippen LogP contribution in [0.3, 0.4) is 0 Å². The van der Waals surface area contributed by atoms with Crippen molar-refractivity contribution < 1.29 is 24.0 Å². The minimum absolute atomic E-state index is 0.194. The third-order valence-corrected chi connectivity index (χ3v) is 9.59. The fourth-order valence-corrected chi connectivity index (χ4v) is 6.86. The summed E-state index contributed by atoms with van der Waals surface area (Å²) in [4.78, 5) is 16.1. The van der Waals surface area contributed by atoms with Crippen molar-refractivity contribution in [2.24, 2.45) is 11.8 Å². The summed E-state index contributed by atoms with van der Waals surface area (Å²) >= 11 is 0. The number of fused-ring (bicyclic) bond motifs is 2. The fraction of sp³-hybridized carbons (Fsp3) is 0.474. The molecule has 0 amide bonds. The molecule has 2 heterocycles. The summed E-state index contributed by atoms with van der Waals surface area (Å²) in [6.07, 6.45) is 5.63. The topological polar surface area (TPSA) is 64.8 Å². The van der Waals surface area contributed by atoms with Crippen LogP contribution in [0.25, 0.3) is 0 Å². The van der Waals surface area contributed by atoms with Crippen LogP contribution in [0.4, 0.5) is 11.4 Å². The molecule has 0 atom stereocenters. The smallest absolute Gasteiger partial charge is 0.252 e. The first-order valence-corrected chi connectivity index (χ1v) is 15.9. The average Bonchev–Trinajstić information content (AvgIpc) is 3.34. The molecule has 0 saturated heterocycles. The third-order valence-electron chi connectivity index (χ3n) is 9.59. The van der Waals surface area contributed by atoms with E-state index in [2.05, 4.69) is 77.0 Å². The molecule has 0 bridgehead atoms. The fourth-order valence-electron chi connectivity index (χ4n) is 6.86. The van der Waals surface area contributed by atoms with Crippen LogP contribution in [0.2, 0.25) is 0 Å². The summed E-state index contributed by atoms with van der Waals surface area (Å²) in [5.41, 5.74) is 5.94. The zero-order valence-corrected chi connectivity index (χ0v) is 28.1. The summed E-state index contributed by atoms with van der Waals surface area (Å²) in [7, 11) is 3.38. The van der Waals surface area contributed by atoms with Crippen LogP contribution in [0.15, 0.2) is 71.2 Å². The van der Waals surface area contributed by atoms with Crippen LogP contribution in [0.1, 0.15) is 79.4 Å². The Morgan fingerprint density at radius 3 is 2.07 bits per heavy atom. The van der Waals surface area contributed by atoms with E-state index in [-0.39, 0.29) is 22.7 Å². The van der Waals surface area contributed by atoms with E-state index >= 15 is 0 Å². The van der Waals surface area contributed by atoms with Gasteiger partial charge in [-0.1, -0.05) is 71.6 Å². The highest BCUT2D eigenvalue weighted by atomic mass is 16.5. The van der Waals surface area contributed by atoms with Crippen molar-refractivity contribution in [3.63, 3.8) is 0 Å². The molecule has 0 N–H and O–H groups in total. The summed E-state index contributed by atoms with van der Waals surface area (Å²) in [5.74, 6) is 2.22. The first kappa shape index (κ1) is 31.6. The van der Waals surface area contributed by atoms with Gasteiger partial charge in [0.1, 0.15) is 12.3 Å². The number of carbonyl (C=O) groups is 1. The maximum atomic E-state index is 13.8. The number of ketones is 1. The van der Waals surface area contributed by atoms with Gasteiger partial charge in [0.25, 0.3) is 5.69 Å². The van der Waals surface area contributed by atoms with Crippen molar-refractivity contribution in [1.82, 2.24) is 0 Å². The zero-order chi connectivity index (χ0) is 32.1. The number of rotatable bonds is 10. The molecule has 0 fully saturated rings. The molecule has 5 rings (SSSR count). The largest absolute Gasteiger partial charge is 0.871 e. The molecule has 2 aromatic carbocycles. The lowest BCUT2D eigenvalue weighted by Crippen LogP contribution is -2.35. The normalized spacial score (nSPS) is 20.3. The highest BCUT2D eigenvalue weighted by Gasteiger charge is 2.48. The molecule has 0 unspecified atom stereocenters. The zero-order valence-electron chi connectivity index (χ0n) is 28.1. The van der Waals surface area contributed by atoms with Gasteiger partial charge in [-0.05, 0) is 55.9 Å². The molecule has 0 saturated carbocycles. The Balaban J connectivity index is 1.61. The molecular weight excluding hydrogens is 548 g/mol. The number of allylic oxidation sites excluding steroid dienone is 5. The molecule has 2 aromatic rings. The van der Waals surface area contributed by atoms with E-state index in [1.165, 1.54) is 0 Å². The van der Waals surface area contributed by atoms with Gasteiger partial charge in [-0.3, -0.25) is 4.79 Å². The van der Waals surface area contributed by atoms with Gasteiger partial charge in [0, 0.05) is 46.9 Å². The maximum Gasteiger partial charge on any atom is 0.252 e. The molecule has 6 nitrogen and oxygen atoms in total. The number of hydrogen-bond acceptors (Lipinski definition) is 5. The molecule has 0 spiro atoms. The molecule has 44 heavy (non-hydrogen) atoms. The van der Waals surface area contributed by atoms with Crippen molar-refractivity contribution >= 4 is 22.9 Å². The predicted molar refractivity (Wildman–Crippen MR) is 176 cm³/mol. The van der Waals surface area contributed by atoms with E-state index in [0.29, 0.717) is 11.8 Å². The third kappa shape index (κ3) is 5.06. The van der Waals surface area contributed by atoms with Crippen LogP contribution >= 0.6 is 0 Å². The van der Waals surface area contributed by atoms with Crippen molar-refractivity contribution in [2.75, 3.05) is 32.2 Å². The van der Waals surface area contributed by atoms with Crippen molar-refractivity contribution in [1.29, 1.82) is 0 Å². The Morgan fingerprint density at radius 2 is 1.48 bits per heavy atom. The Kier molecular flexibility index (Phi) is 8.34. The lowest BCUT2D eigenvalue weighted by Gasteiger charge is -2.33. The standard InChI is InChI=1S/C38H48N2O4/c1-23(2)17-19-39-31(37(5,6)27-13-11-15-29(43-9)33(27)39)21-25-35(41)26(36(25)42)22-32-38(7,8)28-14-12-16-30(44-10)34(28)40(32)20-18-24(3)4/h11-16,21-24H,17-20H2,1-10H3. The highest BCUT2D eigenvalue weighted by molar-refractivity contribution is 6.24. The maximum absolute atomic E-state index is 13.8. The molecule has 3 aliphatic rings. The first-order chi connectivity index (χ1) is 20.7. The van der Waals surface area contributed by atoms with Crippen LogP contribution in [0.5, 0.6) is 11.5 Å². The molecular formula is C38H48N2O4. The second-order valence-electron chi connectivity index (χ2n) is 14.2. The molecule has 6 heteroatoms. The average molecular weight is 597 g/mol. The Hall–Kier alpha value is -3.80. The lowest BCUT2D eigenvalue weighted by molar-refractivity contribution is -0.440. The molecule has 1 aliphatic carbocycles. The van der Waals surface area contributed by atoms with E-state index in [4.69, 9.17) is 9.47 Å². The van der Waals surface area contributed by atoms with E-state index in [0.717, 1.165) is 71.3 Å². The van der Waals surface area contributed by atoms with Crippen LogP contribution in [0, 0.1) is 11.8 Å². The van der Waals surface area contributed by atoms with Gasteiger partial charge in [0.2, 0.25) is 0 Å². The number of Topliss-reactive ketones (excluding diaryl/α,β-unsaturated/α-hetero) is 1. The van der Waals surface area contributed by atoms with Gasteiger partial charge in [0.15, 0.2) is 17.2 Å². The van der Waals surface area contributed by atoms with Crippen molar-refractivity contribution in [3.05, 3.63) is 82.3 Å². The molecule has 0 radical (unpaired) electrons. The molecule has 2 aliphatic heterocycles. The van der Waals surface area contributed by atoms with Crippen LogP contribution in [-0.2, 0) is 15.6 Å². The molecule has 0 aromatic heterocycles. The minimum Gasteiger partial charge on any atom is -0.871 e. The van der Waals surface area contributed by atoms with E-state index in [9.17, 15) is 9.90 Å².